The van der Waals surface area contributed by atoms with Crippen molar-refractivity contribution in [2.75, 3.05) is 45.9 Å². The molecule has 5 rings (SSSR count). The second-order valence-corrected chi connectivity index (χ2v) is 9.47. The van der Waals surface area contributed by atoms with Gasteiger partial charge in [-0.2, -0.15) is 0 Å². The van der Waals surface area contributed by atoms with Crippen LogP contribution in [0, 0.1) is 0 Å². The first-order valence-electron chi connectivity index (χ1n) is 11.3. The van der Waals surface area contributed by atoms with Crippen LogP contribution in [0.3, 0.4) is 0 Å². The number of nitrogens with zero attached hydrogens (tertiary/aromatic N) is 3. The lowest BCUT2D eigenvalue weighted by atomic mass is 10.0. The summed E-state index contributed by atoms with van der Waals surface area (Å²) in [5.41, 5.74) is 3.82. The first-order chi connectivity index (χ1) is 15.7. The van der Waals surface area contributed by atoms with Crippen LogP contribution in [0.2, 0.25) is 0 Å². The number of fused-ring (bicyclic) bond motifs is 2. The summed E-state index contributed by atoms with van der Waals surface area (Å²) in [6, 6.07) is 17.6. The molecule has 6 nitrogen and oxygen atoms in total. The van der Waals surface area contributed by atoms with Crippen molar-refractivity contribution in [3.05, 3.63) is 66.5 Å². The molecule has 7 heteroatoms. The summed E-state index contributed by atoms with van der Waals surface area (Å²) < 4.78 is 5.91. The minimum Gasteiger partial charge on any atom is -0.395 e. The van der Waals surface area contributed by atoms with Crippen molar-refractivity contribution < 1.29 is 5.11 Å². The number of aliphatic hydroxyl groups is 1. The van der Waals surface area contributed by atoms with Crippen molar-refractivity contribution in [3.8, 4) is 0 Å². The molecule has 0 saturated carbocycles. The number of piperazine rings is 1. The van der Waals surface area contributed by atoms with Crippen LogP contribution in [0.5, 0.6) is 0 Å². The van der Waals surface area contributed by atoms with Gasteiger partial charge in [0.1, 0.15) is 0 Å². The van der Waals surface area contributed by atoms with Crippen molar-refractivity contribution in [2.45, 2.75) is 10.9 Å². The quantitative estimate of drug-likeness (QED) is 0.359. The third-order valence-corrected chi connectivity index (χ3v) is 7.34. The van der Waals surface area contributed by atoms with Crippen molar-refractivity contribution in [3.63, 3.8) is 0 Å². The van der Waals surface area contributed by atoms with E-state index in [4.69, 9.17) is 0 Å². The average Bonchev–Trinajstić information content (AvgIpc) is 3.42. The van der Waals surface area contributed by atoms with Crippen LogP contribution in [0.1, 0.15) is 11.6 Å². The number of rotatable bonds is 8. The summed E-state index contributed by atoms with van der Waals surface area (Å²) in [7, 11) is 2.13. The molecule has 1 aliphatic heterocycles. The number of H-pyrrole nitrogens is 1. The summed E-state index contributed by atoms with van der Waals surface area (Å²) in [4.78, 5) is 9.46. The number of hydrogen-bond donors (Lipinski definition) is 3. The topological polar surface area (TPSA) is 59.5 Å². The molecule has 1 unspecified atom stereocenters. The van der Waals surface area contributed by atoms with Gasteiger partial charge in [-0.15, -0.1) is 0 Å². The van der Waals surface area contributed by atoms with Gasteiger partial charge in [0.25, 0.3) is 0 Å². The van der Waals surface area contributed by atoms with Crippen molar-refractivity contribution in [1.29, 1.82) is 0 Å². The van der Waals surface area contributed by atoms with E-state index in [1.54, 1.807) is 11.9 Å². The van der Waals surface area contributed by atoms with Crippen LogP contribution in [-0.4, -0.2) is 70.3 Å². The molecular weight excluding hydrogens is 418 g/mol. The first kappa shape index (κ1) is 21.6. The third kappa shape index (κ3) is 4.44. The maximum atomic E-state index is 9.30. The van der Waals surface area contributed by atoms with Crippen LogP contribution in [-0.2, 0) is 7.05 Å². The van der Waals surface area contributed by atoms with Crippen molar-refractivity contribution in [1.82, 2.24) is 24.1 Å². The van der Waals surface area contributed by atoms with Crippen molar-refractivity contribution in [2.24, 2.45) is 7.05 Å². The van der Waals surface area contributed by atoms with Crippen LogP contribution in [0.15, 0.2) is 65.8 Å². The highest BCUT2D eigenvalue weighted by molar-refractivity contribution is 7.97. The zero-order valence-electron chi connectivity index (χ0n) is 18.5. The van der Waals surface area contributed by atoms with E-state index >= 15 is 0 Å². The first-order valence-corrected chi connectivity index (χ1v) is 12.1. The molecule has 3 N–H and O–H groups in total. The number of aryl methyl sites for hydroxylation is 1. The molecule has 0 spiro atoms. The number of aromatic nitrogens is 2. The van der Waals surface area contributed by atoms with Gasteiger partial charge in [0.2, 0.25) is 0 Å². The molecule has 1 atom stereocenters. The molecule has 3 heterocycles. The Bertz CT molecular complexity index is 1180. The summed E-state index contributed by atoms with van der Waals surface area (Å²) >= 11 is 1.70. The van der Waals surface area contributed by atoms with Gasteiger partial charge in [-0.3, -0.25) is 14.5 Å². The lowest BCUT2D eigenvalue weighted by molar-refractivity contribution is 0.0851. The molecule has 0 aliphatic carbocycles. The molecule has 168 valence electrons. The zero-order valence-corrected chi connectivity index (χ0v) is 19.3. The number of para-hydroxylation sites is 1. The Balaban J connectivity index is 1.35. The van der Waals surface area contributed by atoms with Crippen molar-refractivity contribution >= 4 is 33.8 Å². The lowest BCUT2D eigenvalue weighted by Gasteiger charge is -2.39. The van der Waals surface area contributed by atoms with E-state index in [2.05, 4.69) is 85.8 Å². The normalized spacial score (nSPS) is 16.8. The standard InChI is InChI=1S/C25H31N5OS/c1-28-18-22(21-4-2-3-5-24(21)28)25(30-12-10-29(11-13-30)14-15-31)17-27-32-20-7-6-19-8-9-26-23(19)16-20/h2-9,16,18,25-27,31H,10-15,17H2,1H3. The minimum absolute atomic E-state index is 0.232. The van der Waals surface area contributed by atoms with Gasteiger partial charge in [-0.1, -0.05) is 24.3 Å². The van der Waals surface area contributed by atoms with Crippen LogP contribution in [0.4, 0.5) is 0 Å². The minimum atomic E-state index is 0.232. The molecule has 0 amide bonds. The Morgan fingerprint density at radius 1 is 1.09 bits per heavy atom. The Hall–Kier alpha value is -2.29. The van der Waals surface area contributed by atoms with E-state index in [9.17, 15) is 5.11 Å². The Morgan fingerprint density at radius 2 is 1.94 bits per heavy atom. The Kier molecular flexibility index (Phi) is 6.52. The molecular formula is C25H31N5OS. The van der Waals surface area contributed by atoms with Crippen LogP contribution >= 0.6 is 11.9 Å². The summed E-state index contributed by atoms with van der Waals surface area (Å²) in [5.74, 6) is 0. The summed E-state index contributed by atoms with van der Waals surface area (Å²) in [6.07, 6.45) is 4.28. The number of benzene rings is 2. The molecule has 0 bridgehead atoms. The van der Waals surface area contributed by atoms with E-state index < -0.39 is 0 Å². The Labute approximate surface area is 193 Å². The van der Waals surface area contributed by atoms with Gasteiger partial charge in [-0.25, -0.2) is 0 Å². The van der Waals surface area contributed by atoms with Gasteiger partial charge in [0.05, 0.1) is 12.6 Å². The van der Waals surface area contributed by atoms with Gasteiger partial charge in [0.15, 0.2) is 0 Å². The smallest absolute Gasteiger partial charge is 0.0558 e. The van der Waals surface area contributed by atoms with Gasteiger partial charge >= 0.3 is 0 Å². The van der Waals surface area contributed by atoms with E-state index in [-0.39, 0.29) is 6.61 Å². The fraction of sp³-hybridized carbons (Fsp3) is 0.360. The molecule has 2 aromatic carbocycles. The highest BCUT2D eigenvalue weighted by Gasteiger charge is 2.27. The van der Waals surface area contributed by atoms with Gasteiger partial charge in [-0.05, 0) is 47.2 Å². The fourth-order valence-electron chi connectivity index (χ4n) is 4.81. The second kappa shape index (κ2) is 9.68. The second-order valence-electron chi connectivity index (χ2n) is 8.51. The zero-order chi connectivity index (χ0) is 21.9. The largest absolute Gasteiger partial charge is 0.395 e. The lowest BCUT2D eigenvalue weighted by Crippen LogP contribution is -2.49. The van der Waals surface area contributed by atoms with E-state index in [0.29, 0.717) is 6.04 Å². The molecule has 2 aromatic heterocycles. The molecule has 0 radical (unpaired) electrons. The van der Waals surface area contributed by atoms with Gasteiger partial charge in [0, 0.05) is 80.0 Å². The molecule has 4 aromatic rings. The van der Waals surface area contributed by atoms with Gasteiger partial charge < -0.3 is 14.7 Å². The number of aliphatic hydroxyl groups excluding tert-OH is 1. The number of aromatic amines is 1. The fourth-order valence-corrected chi connectivity index (χ4v) is 5.53. The number of β-amino-alcohol motifs (C(OH)–C–C–N with tert-alkyl or cyclic N) is 1. The number of nitrogens with one attached hydrogen (secondary N) is 2. The van der Waals surface area contributed by atoms with E-state index in [1.165, 1.54) is 32.3 Å². The molecule has 1 fully saturated rings. The predicted molar refractivity (Wildman–Crippen MR) is 133 cm³/mol. The molecule has 32 heavy (non-hydrogen) atoms. The average molecular weight is 450 g/mol. The summed E-state index contributed by atoms with van der Waals surface area (Å²) in [5, 5.41) is 11.9. The summed E-state index contributed by atoms with van der Waals surface area (Å²) in [6.45, 7) is 5.87. The van der Waals surface area contributed by atoms with E-state index in [0.717, 1.165) is 39.3 Å². The maximum absolute atomic E-state index is 9.30. The highest BCUT2D eigenvalue weighted by atomic mass is 32.2. The third-order valence-electron chi connectivity index (χ3n) is 6.54. The SMILES string of the molecule is Cn1cc(C(CNSc2ccc3cc[nH]c3c2)N2CCN(CCO)CC2)c2ccccc21. The molecule has 1 aliphatic rings. The number of hydrogen-bond acceptors (Lipinski definition) is 5. The predicted octanol–water partition coefficient (Wildman–Crippen LogP) is 3.61. The Morgan fingerprint density at radius 3 is 2.78 bits per heavy atom. The van der Waals surface area contributed by atoms with E-state index in [1.807, 2.05) is 6.20 Å². The highest BCUT2D eigenvalue weighted by Crippen LogP contribution is 2.31. The molecule has 1 saturated heterocycles. The monoisotopic (exact) mass is 449 g/mol. The van der Waals surface area contributed by atoms with Crippen LogP contribution in [0.25, 0.3) is 21.8 Å². The van der Waals surface area contributed by atoms with Crippen LogP contribution < -0.4 is 4.72 Å². The maximum Gasteiger partial charge on any atom is 0.0558 e.